The second-order valence-corrected chi connectivity index (χ2v) is 18.0. The normalized spacial score (nSPS) is 19.9. The minimum Gasteiger partial charge on any atom is -0.497 e. The fourth-order valence-corrected chi connectivity index (χ4v) is 11.2. The molecular weight excluding hydrogens is 508 g/mol. The SMILES string of the molecule is COc1ccc(CO[C@@H](C#C[Si](C(C)C)(C(C)C)C(C)C)[C@@H](C)[C@H](O)CC(=O)C[C@H]2CCOC(C)(C)O2)cc1. The predicted octanol–water partition coefficient (Wildman–Crippen LogP) is 6.69. The zero-order valence-corrected chi connectivity index (χ0v) is 26.9. The van der Waals surface area contributed by atoms with E-state index in [4.69, 9.17) is 18.9 Å². The number of ketones is 1. The molecule has 0 unspecified atom stereocenters. The average molecular weight is 561 g/mol. The van der Waals surface area contributed by atoms with Crippen molar-refractivity contribution in [2.75, 3.05) is 13.7 Å². The Morgan fingerprint density at radius 3 is 2.18 bits per heavy atom. The maximum absolute atomic E-state index is 12.9. The average Bonchev–Trinajstić information content (AvgIpc) is 2.84. The van der Waals surface area contributed by atoms with Crippen molar-refractivity contribution in [1.29, 1.82) is 0 Å². The number of aliphatic hydroxyl groups excluding tert-OH is 1. The van der Waals surface area contributed by atoms with E-state index in [0.717, 1.165) is 11.3 Å². The molecular formula is C32H52O6Si. The lowest BCUT2D eigenvalue weighted by Gasteiger charge is -2.38. The number of benzene rings is 1. The second kappa shape index (κ2) is 14.8. The number of aliphatic hydroxyl groups is 1. The topological polar surface area (TPSA) is 74.2 Å². The molecule has 1 heterocycles. The molecule has 39 heavy (non-hydrogen) atoms. The fourth-order valence-electron chi connectivity index (χ4n) is 5.89. The van der Waals surface area contributed by atoms with Crippen LogP contribution in [0.15, 0.2) is 24.3 Å². The summed E-state index contributed by atoms with van der Waals surface area (Å²) in [5.41, 5.74) is 6.22. The van der Waals surface area contributed by atoms with Crippen molar-refractivity contribution in [1.82, 2.24) is 0 Å². The van der Waals surface area contributed by atoms with Crippen molar-refractivity contribution in [3.8, 4) is 17.2 Å². The summed E-state index contributed by atoms with van der Waals surface area (Å²) in [6.45, 7) is 20.3. The van der Waals surface area contributed by atoms with E-state index >= 15 is 0 Å². The lowest BCUT2D eigenvalue weighted by Crippen LogP contribution is -2.44. The molecule has 6 nitrogen and oxygen atoms in total. The first-order valence-electron chi connectivity index (χ1n) is 14.5. The highest BCUT2D eigenvalue weighted by Gasteiger charge is 2.42. The molecule has 0 amide bonds. The molecule has 7 heteroatoms. The number of ether oxygens (including phenoxy) is 4. The number of carbonyl (C=O) groups excluding carboxylic acids is 1. The number of hydrogen-bond donors (Lipinski definition) is 1. The molecule has 0 radical (unpaired) electrons. The Kier molecular flexibility index (Phi) is 12.7. The number of hydrogen-bond acceptors (Lipinski definition) is 6. The third kappa shape index (κ3) is 9.43. The van der Waals surface area contributed by atoms with Gasteiger partial charge >= 0.3 is 0 Å². The summed E-state index contributed by atoms with van der Waals surface area (Å²) in [7, 11) is -0.358. The standard InChI is InChI=1S/C32H52O6Si/c1-22(2)39(23(3)4,24(5)6)18-16-31(36-21-26-11-13-28(35-10)14-12-26)25(7)30(34)20-27(33)19-29-15-17-37-32(8,9)38-29/h11-14,22-25,29-31,34H,15,17,19-21H2,1-10H3/t25-,29+,30+,31-/m0/s1. The van der Waals surface area contributed by atoms with Crippen LogP contribution in [0.2, 0.25) is 16.6 Å². The summed E-state index contributed by atoms with van der Waals surface area (Å²) in [4.78, 5) is 12.9. The molecule has 1 aliphatic rings. The minimum absolute atomic E-state index is 0.0193. The van der Waals surface area contributed by atoms with Crippen LogP contribution >= 0.6 is 0 Å². The second-order valence-electron chi connectivity index (χ2n) is 12.4. The Labute approximate surface area is 238 Å². The summed E-state index contributed by atoms with van der Waals surface area (Å²) in [5.74, 6) is 3.23. The molecule has 2 rings (SSSR count). The van der Waals surface area contributed by atoms with E-state index in [1.807, 2.05) is 45.0 Å². The van der Waals surface area contributed by atoms with Crippen LogP contribution in [0.5, 0.6) is 5.75 Å². The van der Waals surface area contributed by atoms with Crippen LogP contribution in [-0.4, -0.2) is 56.8 Å². The van der Waals surface area contributed by atoms with Crippen molar-refractivity contribution in [3.63, 3.8) is 0 Å². The first-order valence-corrected chi connectivity index (χ1v) is 16.7. The molecule has 0 aromatic heterocycles. The van der Waals surface area contributed by atoms with E-state index in [1.165, 1.54) is 0 Å². The highest BCUT2D eigenvalue weighted by atomic mass is 28.3. The highest BCUT2D eigenvalue weighted by molar-refractivity contribution is 6.90. The van der Waals surface area contributed by atoms with Gasteiger partial charge in [-0.3, -0.25) is 4.79 Å². The van der Waals surface area contributed by atoms with Crippen LogP contribution in [0.1, 0.15) is 87.1 Å². The summed E-state index contributed by atoms with van der Waals surface area (Å²) < 4.78 is 23.1. The molecule has 0 saturated carbocycles. The molecule has 0 spiro atoms. The smallest absolute Gasteiger partial charge is 0.163 e. The maximum Gasteiger partial charge on any atom is 0.163 e. The Morgan fingerprint density at radius 1 is 1.08 bits per heavy atom. The first-order chi connectivity index (χ1) is 18.2. The van der Waals surface area contributed by atoms with Gasteiger partial charge in [-0.25, -0.2) is 0 Å². The molecule has 1 N–H and O–H groups in total. The molecule has 0 bridgehead atoms. The zero-order valence-electron chi connectivity index (χ0n) is 25.9. The Hall–Kier alpha value is -1.69. The molecule has 220 valence electrons. The van der Waals surface area contributed by atoms with Gasteiger partial charge in [0.15, 0.2) is 5.79 Å². The van der Waals surface area contributed by atoms with Gasteiger partial charge in [-0.05, 0) is 54.6 Å². The number of carbonyl (C=O) groups is 1. The van der Waals surface area contributed by atoms with Crippen LogP contribution in [0.4, 0.5) is 0 Å². The van der Waals surface area contributed by atoms with Crippen LogP contribution in [-0.2, 0) is 25.6 Å². The monoisotopic (exact) mass is 560 g/mol. The number of Topliss-reactive ketones (excluding diaryl/α,β-unsaturated/α-hetero) is 1. The molecule has 1 saturated heterocycles. The van der Waals surface area contributed by atoms with Gasteiger partial charge in [-0.1, -0.05) is 66.5 Å². The molecule has 1 aliphatic heterocycles. The van der Waals surface area contributed by atoms with Gasteiger partial charge in [-0.15, -0.1) is 5.54 Å². The van der Waals surface area contributed by atoms with Crippen molar-refractivity contribution in [2.45, 2.75) is 129 Å². The summed E-state index contributed by atoms with van der Waals surface area (Å²) in [6, 6.07) is 7.76. The summed E-state index contributed by atoms with van der Waals surface area (Å²) in [6.07, 6.45) is -0.575. The molecule has 4 atom stereocenters. The quantitative estimate of drug-likeness (QED) is 0.214. The highest BCUT2D eigenvalue weighted by Crippen LogP contribution is 2.41. The zero-order chi connectivity index (χ0) is 29.4. The Bertz CT molecular complexity index is 937. The lowest BCUT2D eigenvalue weighted by molar-refractivity contribution is -0.272. The van der Waals surface area contributed by atoms with E-state index in [-0.39, 0.29) is 30.6 Å². The van der Waals surface area contributed by atoms with Gasteiger partial charge in [0.1, 0.15) is 25.7 Å². The van der Waals surface area contributed by atoms with Gasteiger partial charge in [0.2, 0.25) is 0 Å². The molecule has 0 aliphatic carbocycles. The largest absolute Gasteiger partial charge is 0.497 e. The van der Waals surface area contributed by atoms with Crippen molar-refractivity contribution in [2.24, 2.45) is 5.92 Å². The van der Waals surface area contributed by atoms with Crippen LogP contribution in [0.25, 0.3) is 0 Å². The van der Waals surface area contributed by atoms with E-state index in [1.54, 1.807) is 7.11 Å². The fraction of sp³-hybridized carbons (Fsp3) is 0.719. The Morgan fingerprint density at radius 2 is 1.67 bits per heavy atom. The van der Waals surface area contributed by atoms with E-state index in [2.05, 4.69) is 53.0 Å². The number of rotatable bonds is 13. The van der Waals surface area contributed by atoms with E-state index in [9.17, 15) is 9.90 Å². The molecule has 1 aromatic carbocycles. The third-order valence-corrected chi connectivity index (χ3v) is 14.5. The van der Waals surface area contributed by atoms with E-state index < -0.39 is 26.1 Å². The van der Waals surface area contributed by atoms with Crippen molar-refractivity contribution >= 4 is 13.9 Å². The van der Waals surface area contributed by atoms with Gasteiger partial charge in [0.25, 0.3) is 0 Å². The van der Waals surface area contributed by atoms with Crippen molar-refractivity contribution < 1.29 is 28.8 Å². The van der Waals surface area contributed by atoms with Crippen molar-refractivity contribution in [3.05, 3.63) is 29.8 Å². The van der Waals surface area contributed by atoms with Crippen LogP contribution in [0.3, 0.4) is 0 Å². The van der Waals surface area contributed by atoms with Crippen LogP contribution in [0, 0.1) is 17.4 Å². The van der Waals surface area contributed by atoms with Gasteiger partial charge in [0.05, 0.1) is 32.5 Å². The third-order valence-electron chi connectivity index (χ3n) is 8.20. The molecule has 1 aromatic rings. The Balaban J connectivity index is 2.23. The minimum atomic E-state index is -2.00. The summed E-state index contributed by atoms with van der Waals surface area (Å²) in [5, 5.41) is 11.2. The number of methoxy groups -OCH3 is 1. The van der Waals surface area contributed by atoms with E-state index in [0.29, 0.717) is 36.3 Å². The molecule has 1 fully saturated rings. The van der Waals surface area contributed by atoms with Crippen LogP contribution < -0.4 is 4.74 Å². The van der Waals surface area contributed by atoms with Gasteiger partial charge in [-0.2, -0.15) is 0 Å². The predicted molar refractivity (Wildman–Crippen MR) is 159 cm³/mol. The summed E-state index contributed by atoms with van der Waals surface area (Å²) >= 11 is 0. The van der Waals surface area contributed by atoms with Gasteiger partial charge in [0, 0.05) is 18.8 Å². The maximum atomic E-state index is 12.9. The lowest BCUT2D eigenvalue weighted by atomic mass is 9.92. The van der Waals surface area contributed by atoms with Gasteiger partial charge < -0.3 is 24.1 Å². The first kappa shape index (κ1) is 33.5.